The minimum Gasteiger partial charge on any atom is -0.480 e. The van der Waals surface area contributed by atoms with Crippen LogP contribution in [0.3, 0.4) is 0 Å². The van der Waals surface area contributed by atoms with Gasteiger partial charge in [0, 0.05) is 22.5 Å². The summed E-state index contributed by atoms with van der Waals surface area (Å²) in [7, 11) is 0. The molecular formula is C16H19Cl2NO4. The monoisotopic (exact) mass is 359 g/mol. The molecule has 1 aromatic carbocycles. The smallest absolute Gasteiger partial charge is 0.411 e. The summed E-state index contributed by atoms with van der Waals surface area (Å²) in [5.41, 5.74) is 0.136. The summed E-state index contributed by atoms with van der Waals surface area (Å²) in [6.45, 7) is 5.48. The van der Waals surface area contributed by atoms with Gasteiger partial charge in [0.25, 0.3) is 0 Å². The van der Waals surface area contributed by atoms with Crippen LogP contribution in [0.25, 0.3) is 0 Å². The van der Waals surface area contributed by atoms with E-state index in [-0.39, 0.29) is 12.5 Å². The van der Waals surface area contributed by atoms with Gasteiger partial charge in [-0.3, -0.25) is 4.90 Å². The normalized spacial score (nSPS) is 21.3. The van der Waals surface area contributed by atoms with Gasteiger partial charge in [0.2, 0.25) is 0 Å². The lowest BCUT2D eigenvalue weighted by Gasteiger charge is -2.26. The zero-order valence-electron chi connectivity index (χ0n) is 13.2. The number of rotatable bonds is 2. The first-order valence-electron chi connectivity index (χ1n) is 7.25. The molecule has 2 unspecified atom stereocenters. The van der Waals surface area contributed by atoms with Crippen molar-refractivity contribution in [1.29, 1.82) is 0 Å². The van der Waals surface area contributed by atoms with Crippen molar-refractivity contribution in [2.75, 3.05) is 6.54 Å². The number of halogens is 2. The summed E-state index contributed by atoms with van der Waals surface area (Å²) >= 11 is 12.0. The van der Waals surface area contributed by atoms with E-state index in [0.717, 1.165) is 5.56 Å². The maximum absolute atomic E-state index is 12.3. The Labute approximate surface area is 145 Å². The van der Waals surface area contributed by atoms with Crippen LogP contribution in [0.4, 0.5) is 4.79 Å². The second kappa shape index (κ2) is 6.57. The number of aliphatic carboxylic acids is 1. The molecule has 126 valence electrons. The fourth-order valence-corrected chi connectivity index (χ4v) is 3.19. The fraction of sp³-hybridized carbons (Fsp3) is 0.500. The number of hydrogen-bond acceptors (Lipinski definition) is 3. The van der Waals surface area contributed by atoms with Crippen LogP contribution in [0.5, 0.6) is 0 Å². The van der Waals surface area contributed by atoms with Crippen LogP contribution < -0.4 is 0 Å². The number of carbonyl (C=O) groups is 2. The number of carboxylic acid groups (broad SMARTS) is 1. The average molecular weight is 360 g/mol. The third-order valence-electron chi connectivity index (χ3n) is 3.57. The molecule has 0 radical (unpaired) electrons. The molecule has 1 amide bonds. The third kappa shape index (κ3) is 4.52. The van der Waals surface area contributed by atoms with E-state index in [1.54, 1.807) is 39.0 Å². The van der Waals surface area contributed by atoms with Gasteiger partial charge in [-0.1, -0.05) is 23.2 Å². The van der Waals surface area contributed by atoms with Gasteiger partial charge in [-0.2, -0.15) is 0 Å². The SMILES string of the molecule is CC(C)(C)OC(=O)N1CC(c2cc(Cl)cc(Cl)c2)CC1C(=O)O. The van der Waals surface area contributed by atoms with Gasteiger partial charge in [-0.15, -0.1) is 0 Å². The van der Waals surface area contributed by atoms with Gasteiger partial charge in [0.05, 0.1) is 0 Å². The molecule has 1 aliphatic rings. The molecule has 1 saturated heterocycles. The molecular weight excluding hydrogens is 341 g/mol. The van der Waals surface area contributed by atoms with Crippen LogP contribution >= 0.6 is 23.2 Å². The quantitative estimate of drug-likeness (QED) is 0.860. The van der Waals surface area contributed by atoms with Crippen LogP contribution in [-0.4, -0.2) is 40.3 Å². The minimum atomic E-state index is -1.05. The summed E-state index contributed by atoms with van der Waals surface area (Å²) < 4.78 is 5.31. The Morgan fingerprint density at radius 3 is 2.26 bits per heavy atom. The number of amides is 1. The van der Waals surface area contributed by atoms with E-state index < -0.39 is 23.7 Å². The lowest BCUT2D eigenvalue weighted by atomic mass is 9.96. The molecule has 2 rings (SSSR count). The maximum atomic E-state index is 12.3. The molecule has 0 aliphatic carbocycles. The zero-order valence-corrected chi connectivity index (χ0v) is 14.7. The number of carbonyl (C=O) groups excluding carboxylic acids is 1. The number of nitrogens with zero attached hydrogens (tertiary/aromatic N) is 1. The Morgan fingerprint density at radius 2 is 1.78 bits per heavy atom. The van der Waals surface area contributed by atoms with Crippen LogP contribution in [0, 0.1) is 0 Å². The van der Waals surface area contributed by atoms with E-state index in [1.807, 2.05) is 0 Å². The van der Waals surface area contributed by atoms with Crippen LogP contribution in [0.15, 0.2) is 18.2 Å². The lowest BCUT2D eigenvalue weighted by molar-refractivity contribution is -0.142. The Morgan fingerprint density at radius 1 is 1.22 bits per heavy atom. The fourth-order valence-electron chi connectivity index (χ4n) is 2.64. The highest BCUT2D eigenvalue weighted by Gasteiger charge is 2.42. The van der Waals surface area contributed by atoms with Crippen molar-refractivity contribution in [3.63, 3.8) is 0 Å². The molecule has 7 heteroatoms. The minimum absolute atomic E-state index is 0.153. The summed E-state index contributed by atoms with van der Waals surface area (Å²) in [5, 5.41) is 10.4. The van der Waals surface area contributed by atoms with E-state index in [9.17, 15) is 14.7 Å². The molecule has 5 nitrogen and oxygen atoms in total. The molecule has 1 heterocycles. The third-order valence-corrected chi connectivity index (χ3v) is 4.01. The average Bonchev–Trinajstić information content (AvgIpc) is 2.80. The van der Waals surface area contributed by atoms with Crippen molar-refractivity contribution in [1.82, 2.24) is 4.90 Å². The molecule has 1 aliphatic heterocycles. The number of ether oxygens (including phenoxy) is 1. The van der Waals surface area contributed by atoms with Crippen LogP contribution in [0.1, 0.15) is 38.7 Å². The molecule has 2 atom stereocenters. The zero-order chi connectivity index (χ0) is 17.4. The second-order valence-electron chi connectivity index (χ2n) is 6.62. The van der Waals surface area contributed by atoms with E-state index in [4.69, 9.17) is 27.9 Å². The standard InChI is InChI=1S/C16H19Cl2NO4/c1-16(2,3)23-15(22)19-8-10(6-13(19)14(20)21)9-4-11(17)7-12(18)5-9/h4-5,7,10,13H,6,8H2,1-3H3,(H,20,21). The van der Waals surface area contributed by atoms with Crippen molar-refractivity contribution < 1.29 is 19.4 Å². The molecule has 0 saturated carbocycles. The molecule has 23 heavy (non-hydrogen) atoms. The van der Waals surface area contributed by atoms with Crippen molar-refractivity contribution in [2.45, 2.75) is 44.8 Å². The first kappa shape index (κ1) is 17.9. The summed E-state index contributed by atoms with van der Waals surface area (Å²) in [5.74, 6) is -1.20. The maximum Gasteiger partial charge on any atom is 0.411 e. The highest BCUT2D eigenvalue weighted by atomic mass is 35.5. The van der Waals surface area contributed by atoms with Crippen molar-refractivity contribution in [3.8, 4) is 0 Å². The van der Waals surface area contributed by atoms with Gasteiger partial charge in [0.15, 0.2) is 0 Å². The largest absolute Gasteiger partial charge is 0.480 e. The van der Waals surface area contributed by atoms with E-state index in [0.29, 0.717) is 16.5 Å². The first-order chi connectivity index (χ1) is 10.6. The number of likely N-dealkylation sites (tertiary alicyclic amines) is 1. The van der Waals surface area contributed by atoms with Crippen molar-refractivity contribution >= 4 is 35.3 Å². The van der Waals surface area contributed by atoms with Crippen LogP contribution in [-0.2, 0) is 9.53 Å². The van der Waals surface area contributed by atoms with E-state index >= 15 is 0 Å². The van der Waals surface area contributed by atoms with Gasteiger partial charge in [-0.25, -0.2) is 9.59 Å². The van der Waals surface area contributed by atoms with Crippen molar-refractivity contribution in [2.24, 2.45) is 0 Å². The van der Waals surface area contributed by atoms with Crippen LogP contribution in [0.2, 0.25) is 10.0 Å². The number of hydrogen-bond donors (Lipinski definition) is 1. The predicted octanol–water partition coefficient (Wildman–Crippen LogP) is 4.17. The van der Waals surface area contributed by atoms with Gasteiger partial charge >= 0.3 is 12.1 Å². The number of benzene rings is 1. The molecule has 0 aromatic heterocycles. The van der Waals surface area contributed by atoms with Gasteiger partial charge in [0.1, 0.15) is 11.6 Å². The second-order valence-corrected chi connectivity index (χ2v) is 7.50. The highest BCUT2D eigenvalue weighted by molar-refractivity contribution is 6.34. The Bertz CT molecular complexity index is 607. The highest BCUT2D eigenvalue weighted by Crippen LogP contribution is 2.35. The topological polar surface area (TPSA) is 66.8 Å². The molecule has 1 fully saturated rings. The molecule has 0 bridgehead atoms. The summed E-state index contributed by atoms with van der Waals surface area (Å²) in [6, 6.07) is 4.18. The first-order valence-corrected chi connectivity index (χ1v) is 8.01. The van der Waals surface area contributed by atoms with Gasteiger partial charge < -0.3 is 9.84 Å². The molecule has 1 aromatic rings. The lowest BCUT2D eigenvalue weighted by Crippen LogP contribution is -2.43. The Balaban J connectivity index is 2.24. The Kier molecular flexibility index (Phi) is 5.11. The van der Waals surface area contributed by atoms with E-state index in [2.05, 4.69) is 0 Å². The molecule has 0 spiro atoms. The van der Waals surface area contributed by atoms with Crippen molar-refractivity contribution in [3.05, 3.63) is 33.8 Å². The summed E-state index contributed by atoms with van der Waals surface area (Å²) in [6.07, 6.45) is -0.328. The Hall–Kier alpha value is -1.46. The molecule has 1 N–H and O–H groups in total. The number of carboxylic acids is 1. The van der Waals surface area contributed by atoms with E-state index in [1.165, 1.54) is 4.90 Å². The predicted molar refractivity (Wildman–Crippen MR) is 88.2 cm³/mol. The summed E-state index contributed by atoms with van der Waals surface area (Å²) in [4.78, 5) is 25.0. The van der Waals surface area contributed by atoms with Gasteiger partial charge in [-0.05, 0) is 51.0 Å².